The lowest BCUT2D eigenvalue weighted by Crippen LogP contribution is -2.57. The Balaban J connectivity index is 1.10. The Morgan fingerprint density at radius 2 is 1.67 bits per heavy atom. The van der Waals surface area contributed by atoms with Gasteiger partial charge < -0.3 is 30.7 Å². The topological polar surface area (TPSA) is 262 Å². The fraction of sp³-hybridized carbons (Fsp3) is 0.619. The summed E-state index contributed by atoms with van der Waals surface area (Å²) in [5.41, 5.74) is 6.06. The first-order valence-electron chi connectivity index (χ1n) is 21.1. The molecule has 19 nitrogen and oxygen atoms in total. The van der Waals surface area contributed by atoms with Gasteiger partial charge in [0.15, 0.2) is 0 Å². The predicted octanol–water partition coefficient (Wildman–Crippen LogP) is 1.86. The molecule has 0 radical (unpaired) electrons. The van der Waals surface area contributed by atoms with Crippen LogP contribution in [0.2, 0.25) is 0 Å². The van der Waals surface area contributed by atoms with Crippen molar-refractivity contribution in [3.63, 3.8) is 0 Å². The van der Waals surface area contributed by atoms with Crippen LogP contribution in [-0.2, 0) is 51.8 Å². The number of carbonyl (C=O) groups excluding carboxylic acids is 7. The minimum absolute atomic E-state index is 0.0924. The number of nitrogens with two attached hydrogens (primary N) is 1. The number of aliphatic imine (C=N–C) groups is 1. The van der Waals surface area contributed by atoms with Crippen LogP contribution in [0.5, 0.6) is 0 Å². The van der Waals surface area contributed by atoms with Crippen LogP contribution >= 0.6 is 0 Å². The molecule has 4 fully saturated rings. The molecule has 0 bridgehead atoms. The van der Waals surface area contributed by atoms with Crippen molar-refractivity contribution in [3.8, 4) is 0 Å². The minimum atomic E-state index is -1.41. The fourth-order valence-electron chi connectivity index (χ4n) is 9.13. The summed E-state index contributed by atoms with van der Waals surface area (Å²) in [6.45, 7) is 4.90. The number of fused-ring (bicyclic) bond motifs is 2. The number of carbonyl (C=O) groups is 8. The molecule has 7 amide bonds. The summed E-state index contributed by atoms with van der Waals surface area (Å²) in [5.74, 6) is -4.09. The Hall–Kier alpha value is -5.88. The fourth-order valence-corrected chi connectivity index (χ4v) is 9.13. The van der Waals surface area contributed by atoms with Crippen LogP contribution in [0, 0.1) is 11.8 Å². The zero-order valence-corrected chi connectivity index (χ0v) is 35.1. The molecular weight excluding hydrogens is 793 g/mol. The molecule has 1 saturated carbocycles. The van der Waals surface area contributed by atoms with Gasteiger partial charge in [-0.2, -0.15) is 4.99 Å². The summed E-state index contributed by atoms with van der Waals surface area (Å²) >= 11 is 0. The van der Waals surface area contributed by atoms with E-state index >= 15 is 0 Å². The number of benzene rings is 1. The number of rotatable bonds is 11. The maximum atomic E-state index is 14.2. The number of carboxylic acids is 1. The van der Waals surface area contributed by atoms with Crippen molar-refractivity contribution in [2.24, 2.45) is 29.6 Å². The molecule has 5 N–H and O–H groups in total. The smallest absolute Gasteiger partial charge is 0.434 e. The molecule has 61 heavy (non-hydrogen) atoms. The van der Waals surface area contributed by atoms with Crippen LogP contribution in [0.25, 0.3) is 11.0 Å². The zero-order chi connectivity index (χ0) is 44.3. The molecule has 3 saturated heterocycles. The van der Waals surface area contributed by atoms with Gasteiger partial charge in [0.25, 0.3) is 5.91 Å². The molecule has 4 heterocycles. The molecule has 4 atom stereocenters. The second-order valence-corrected chi connectivity index (χ2v) is 17.8. The summed E-state index contributed by atoms with van der Waals surface area (Å²) < 4.78 is 8.38. The van der Waals surface area contributed by atoms with Crippen molar-refractivity contribution in [2.75, 3.05) is 13.1 Å². The molecule has 1 aromatic heterocycles. The standard InChI is InChI=1S/C42H56N8O11/c1-42(2,3)61-40(59)45-28-22-48(18-17-26-10-13-30(49(26)38(28)56)36(54)44-27(39(57)58)11-15-33(43)51)35(53)21-24-7-5-23(6-8-24)19-25-9-12-29-32(20-25)47(4)41(60)50(29)31-14-16-34(52)46-37(31)55/h9,12,20,23-24,26-27,30-31H,5-8,10-11,13-19,21-22H2,1-4H3,(H2,43,51)(H,44,54)(H,57,58)(H,46,52,55)/b45-28-/t23?,24?,26?,27-,30-,31?/m0/s1. The minimum Gasteiger partial charge on any atom is -0.480 e. The number of nitrogens with one attached hydrogen (secondary N) is 2. The van der Waals surface area contributed by atoms with E-state index in [1.165, 1.54) is 14.0 Å². The Labute approximate surface area is 352 Å². The molecule has 1 aromatic carbocycles. The average Bonchev–Trinajstić information content (AvgIpc) is 3.71. The quantitative estimate of drug-likeness (QED) is 0.237. The largest absolute Gasteiger partial charge is 0.480 e. The molecule has 6 rings (SSSR count). The molecule has 1 aliphatic carbocycles. The summed E-state index contributed by atoms with van der Waals surface area (Å²) in [6, 6.07) is 2.08. The van der Waals surface area contributed by atoms with Gasteiger partial charge in [-0.25, -0.2) is 14.4 Å². The summed E-state index contributed by atoms with van der Waals surface area (Å²) in [6.07, 6.45) is 4.23. The van der Waals surface area contributed by atoms with E-state index < -0.39 is 65.5 Å². The van der Waals surface area contributed by atoms with Crippen LogP contribution in [0.15, 0.2) is 28.0 Å². The Morgan fingerprint density at radius 1 is 0.967 bits per heavy atom. The second-order valence-electron chi connectivity index (χ2n) is 17.8. The van der Waals surface area contributed by atoms with Crippen molar-refractivity contribution in [1.29, 1.82) is 0 Å². The number of aromatic nitrogens is 2. The lowest BCUT2D eigenvalue weighted by atomic mass is 9.78. The van der Waals surface area contributed by atoms with Crippen LogP contribution in [0.1, 0.15) is 109 Å². The number of nitrogens with zero attached hydrogens (tertiary/aromatic N) is 5. The number of amides is 7. The number of primary amides is 1. The summed E-state index contributed by atoms with van der Waals surface area (Å²) in [4.78, 5) is 122. The third-order valence-electron chi connectivity index (χ3n) is 12.3. The van der Waals surface area contributed by atoms with Gasteiger partial charge in [0.05, 0.1) is 17.6 Å². The predicted molar refractivity (Wildman–Crippen MR) is 219 cm³/mol. The Bertz CT molecular complexity index is 2190. The summed E-state index contributed by atoms with van der Waals surface area (Å²) in [5, 5.41) is 14.4. The molecule has 19 heteroatoms. The Morgan fingerprint density at radius 3 is 2.33 bits per heavy atom. The number of carboxylic acid groups (broad SMARTS) is 1. The first-order valence-corrected chi connectivity index (χ1v) is 21.1. The van der Waals surface area contributed by atoms with E-state index in [1.54, 1.807) is 32.7 Å². The zero-order valence-electron chi connectivity index (χ0n) is 35.1. The highest BCUT2D eigenvalue weighted by Gasteiger charge is 2.45. The van der Waals surface area contributed by atoms with E-state index in [-0.39, 0.29) is 80.7 Å². The molecule has 3 aliphatic heterocycles. The van der Waals surface area contributed by atoms with Gasteiger partial charge in [-0.3, -0.25) is 43.2 Å². The number of piperidine rings is 1. The van der Waals surface area contributed by atoms with Crippen LogP contribution in [0.4, 0.5) is 4.79 Å². The normalized spacial score (nSPS) is 24.8. The van der Waals surface area contributed by atoms with Gasteiger partial charge in [-0.05, 0) is 115 Å². The van der Waals surface area contributed by atoms with Crippen LogP contribution < -0.4 is 22.1 Å². The van der Waals surface area contributed by atoms with Crippen LogP contribution in [0.3, 0.4) is 0 Å². The SMILES string of the molecule is Cn1c(=O)n(C2CCC(=O)NC2=O)c2ccc(CC3CCC(CC(=O)N4CCC5CC[C@@H](C(=O)N[C@@H](CCC(N)=O)C(=O)O)N5C(=O)/C(=N\C(=O)OC(C)(C)C)C4)CC3)cc21. The van der Waals surface area contributed by atoms with Crippen molar-refractivity contribution in [1.82, 2.24) is 29.6 Å². The van der Waals surface area contributed by atoms with Gasteiger partial charge >= 0.3 is 17.8 Å². The first kappa shape index (κ1) is 44.7. The monoisotopic (exact) mass is 848 g/mol. The van der Waals surface area contributed by atoms with E-state index in [0.717, 1.165) is 37.7 Å². The van der Waals surface area contributed by atoms with Crippen molar-refractivity contribution in [3.05, 3.63) is 34.2 Å². The number of imide groups is 1. The number of imidazole rings is 1. The van der Waals surface area contributed by atoms with Gasteiger partial charge in [0.2, 0.25) is 29.5 Å². The van der Waals surface area contributed by atoms with Crippen molar-refractivity contribution < 1.29 is 48.2 Å². The maximum Gasteiger partial charge on any atom is 0.434 e. The highest BCUT2D eigenvalue weighted by atomic mass is 16.6. The van der Waals surface area contributed by atoms with E-state index in [0.29, 0.717) is 29.8 Å². The second kappa shape index (κ2) is 18.4. The van der Waals surface area contributed by atoms with Crippen molar-refractivity contribution in [2.45, 2.75) is 134 Å². The number of hydrogen-bond donors (Lipinski definition) is 4. The Kier molecular flexibility index (Phi) is 13.5. The highest BCUT2D eigenvalue weighted by molar-refractivity contribution is 6.41. The molecule has 330 valence electrons. The lowest BCUT2D eigenvalue weighted by molar-refractivity contribution is -0.144. The molecule has 4 aliphatic rings. The van der Waals surface area contributed by atoms with Crippen LogP contribution in [-0.4, -0.2) is 114 Å². The van der Waals surface area contributed by atoms with E-state index in [1.807, 2.05) is 18.2 Å². The number of aryl methyl sites for hydroxylation is 1. The van der Waals surface area contributed by atoms with Gasteiger partial charge in [-0.15, -0.1) is 0 Å². The van der Waals surface area contributed by atoms with Gasteiger partial charge in [0.1, 0.15) is 29.4 Å². The third-order valence-corrected chi connectivity index (χ3v) is 12.3. The number of ether oxygens (including phenoxy) is 1. The van der Waals surface area contributed by atoms with Crippen molar-refractivity contribution >= 4 is 64.3 Å². The first-order chi connectivity index (χ1) is 28.8. The highest BCUT2D eigenvalue weighted by Crippen LogP contribution is 2.35. The summed E-state index contributed by atoms with van der Waals surface area (Å²) in [7, 11) is 1.67. The van der Waals surface area contributed by atoms with E-state index in [4.69, 9.17) is 10.5 Å². The molecular formula is C42H56N8O11. The third kappa shape index (κ3) is 10.5. The maximum absolute atomic E-state index is 14.2. The molecule has 2 unspecified atom stereocenters. The molecule has 0 spiro atoms. The average molecular weight is 849 g/mol. The van der Waals surface area contributed by atoms with E-state index in [9.17, 15) is 48.3 Å². The molecule has 2 aromatic rings. The number of aliphatic carboxylic acids is 1. The van der Waals surface area contributed by atoms with E-state index in [2.05, 4.69) is 15.6 Å². The number of hydrogen-bond acceptors (Lipinski definition) is 10. The van der Waals surface area contributed by atoms with Gasteiger partial charge in [-0.1, -0.05) is 6.07 Å². The van der Waals surface area contributed by atoms with Gasteiger partial charge in [0, 0.05) is 38.9 Å². The lowest BCUT2D eigenvalue weighted by Gasteiger charge is -2.36.